The number of anilines is 1. The zero-order valence-electron chi connectivity index (χ0n) is 18.8. The molecule has 0 aliphatic carbocycles. The standard InChI is InChI=1S/C26H24ClN3O3S/c1-17-8-9-20(14-22(17)27)28-25(32)23-15-24(31)30(16-18-6-4-3-5-7-18)26(34-23)29-19-10-12-21(33-2)13-11-19/h3-14,23H,15-16H2,1-2H3,(H,28,32)/t23-/m0/s1. The number of amides is 2. The Balaban J connectivity index is 1.59. The monoisotopic (exact) mass is 493 g/mol. The molecule has 1 fully saturated rings. The minimum Gasteiger partial charge on any atom is -0.497 e. The van der Waals surface area contributed by atoms with E-state index in [9.17, 15) is 9.59 Å². The third kappa shape index (κ3) is 5.79. The summed E-state index contributed by atoms with van der Waals surface area (Å²) < 4.78 is 5.22. The molecule has 0 bridgehead atoms. The number of carbonyl (C=O) groups is 2. The summed E-state index contributed by atoms with van der Waals surface area (Å²) in [5, 5.41) is 3.31. The van der Waals surface area contributed by atoms with E-state index < -0.39 is 5.25 Å². The van der Waals surface area contributed by atoms with Gasteiger partial charge in [0.25, 0.3) is 0 Å². The second-order valence-electron chi connectivity index (χ2n) is 7.82. The quantitative estimate of drug-likeness (QED) is 0.470. The number of nitrogens with zero attached hydrogens (tertiary/aromatic N) is 2. The summed E-state index contributed by atoms with van der Waals surface area (Å²) in [6.07, 6.45) is 0.0740. The molecule has 0 saturated carbocycles. The van der Waals surface area contributed by atoms with Gasteiger partial charge in [-0.2, -0.15) is 0 Å². The van der Waals surface area contributed by atoms with Crippen LogP contribution in [0.5, 0.6) is 5.75 Å². The van der Waals surface area contributed by atoms with E-state index in [1.54, 1.807) is 24.1 Å². The Hall–Kier alpha value is -3.29. The number of ether oxygens (including phenoxy) is 1. The van der Waals surface area contributed by atoms with Gasteiger partial charge in [0.05, 0.1) is 19.3 Å². The van der Waals surface area contributed by atoms with Crippen molar-refractivity contribution in [3.63, 3.8) is 0 Å². The highest BCUT2D eigenvalue weighted by Crippen LogP contribution is 2.32. The van der Waals surface area contributed by atoms with Gasteiger partial charge in [-0.05, 0) is 54.4 Å². The van der Waals surface area contributed by atoms with Crippen molar-refractivity contribution in [3.8, 4) is 5.75 Å². The summed E-state index contributed by atoms with van der Waals surface area (Å²) in [6, 6.07) is 22.3. The zero-order valence-corrected chi connectivity index (χ0v) is 20.4. The van der Waals surface area contributed by atoms with E-state index >= 15 is 0 Å². The van der Waals surface area contributed by atoms with Crippen LogP contribution < -0.4 is 10.1 Å². The van der Waals surface area contributed by atoms with Gasteiger partial charge in [-0.1, -0.05) is 59.8 Å². The predicted octanol–water partition coefficient (Wildman–Crippen LogP) is 5.82. The fraction of sp³-hybridized carbons (Fsp3) is 0.192. The molecular weight excluding hydrogens is 470 g/mol. The van der Waals surface area contributed by atoms with Crippen LogP contribution in [-0.2, 0) is 16.1 Å². The first-order valence-corrected chi connectivity index (χ1v) is 12.0. The second-order valence-corrected chi connectivity index (χ2v) is 9.40. The smallest absolute Gasteiger partial charge is 0.238 e. The molecule has 1 saturated heterocycles. The summed E-state index contributed by atoms with van der Waals surface area (Å²) in [6.45, 7) is 2.27. The van der Waals surface area contributed by atoms with Crippen molar-refractivity contribution in [1.29, 1.82) is 0 Å². The number of hydrogen-bond donors (Lipinski definition) is 1. The Morgan fingerprint density at radius 3 is 2.56 bits per heavy atom. The SMILES string of the molecule is COc1ccc(N=C2S[C@H](C(=O)Nc3ccc(C)c(Cl)c3)CC(=O)N2Cc2ccccc2)cc1. The van der Waals surface area contributed by atoms with Gasteiger partial charge in [-0.15, -0.1) is 0 Å². The topological polar surface area (TPSA) is 71.0 Å². The fourth-order valence-corrected chi connectivity index (χ4v) is 4.70. The van der Waals surface area contributed by atoms with Gasteiger partial charge in [-0.25, -0.2) is 4.99 Å². The first-order valence-electron chi connectivity index (χ1n) is 10.7. The molecule has 0 spiro atoms. The van der Waals surface area contributed by atoms with Crippen molar-refractivity contribution in [2.45, 2.75) is 25.1 Å². The number of hydrogen-bond acceptors (Lipinski definition) is 5. The van der Waals surface area contributed by atoms with Gasteiger partial charge >= 0.3 is 0 Å². The first-order chi connectivity index (χ1) is 16.4. The largest absolute Gasteiger partial charge is 0.497 e. The molecule has 34 heavy (non-hydrogen) atoms. The number of carbonyl (C=O) groups excluding carboxylic acids is 2. The maximum absolute atomic E-state index is 13.2. The fourth-order valence-electron chi connectivity index (χ4n) is 3.42. The van der Waals surface area contributed by atoms with Crippen molar-refractivity contribution in [3.05, 3.63) is 88.9 Å². The number of benzene rings is 3. The van der Waals surface area contributed by atoms with Gasteiger partial charge in [0.1, 0.15) is 11.0 Å². The summed E-state index contributed by atoms with van der Waals surface area (Å²) in [4.78, 5) is 32.6. The summed E-state index contributed by atoms with van der Waals surface area (Å²) in [5.74, 6) is 0.295. The minimum atomic E-state index is -0.614. The molecule has 1 aliphatic heterocycles. The number of halogens is 1. The van der Waals surface area contributed by atoms with E-state index in [1.807, 2.05) is 67.6 Å². The number of thioether (sulfide) groups is 1. The Morgan fingerprint density at radius 1 is 1.15 bits per heavy atom. The summed E-state index contributed by atoms with van der Waals surface area (Å²) in [5.41, 5.74) is 3.16. The van der Waals surface area contributed by atoms with Gasteiger partial charge < -0.3 is 10.1 Å². The number of aliphatic imine (C=N–C) groups is 1. The van der Waals surface area contributed by atoms with E-state index in [4.69, 9.17) is 21.3 Å². The number of aryl methyl sites for hydroxylation is 1. The Morgan fingerprint density at radius 2 is 1.88 bits per heavy atom. The molecule has 1 N–H and O–H groups in total. The van der Waals surface area contributed by atoms with Crippen molar-refractivity contribution >= 4 is 51.7 Å². The molecule has 4 rings (SSSR count). The predicted molar refractivity (Wildman–Crippen MR) is 138 cm³/mol. The first kappa shape index (κ1) is 23.9. The van der Waals surface area contributed by atoms with Crippen molar-refractivity contribution in [2.24, 2.45) is 4.99 Å². The molecule has 3 aromatic rings. The maximum Gasteiger partial charge on any atom is 0.238 e. The molecule has 0 radical (unpaired) electrons. The molecule has 1 heterocycles. The van der Waals surface area contributed by atoms with Gasteiger partial charge in [0.15, 0.2) is 5.17 Å². The van der Waals surface area contributed by atoms with E-state index in [0.717, 1.165) is 11.1 Å². The van der Waals surface area contributed by atoms with Gasteiger partial charge in [0.2, 0.25) is 11.8 Å². The number of rotatable bonds is 6. The highest BCUT2D eigenvalue weighted by Gasteiger charge is 2.36. The lowest BCUT2D eigenvalue weighted by molar-refractivity contribution is -0.129. The third-order valence-corrected chi connectivity index (χ3v) is 6.95. The van der Waals surface area contributed by atoms with E-state index in [-0.39, 0.29) is 18.2 Å². The van der Waals surface area contributed by atoms with Crippen LogP contribution in [0.15, 0.2) is 77.8 Å². The van der Waals surface area contributed by atoms with Gasteiger partial charge in [-0.3, -0.25) is 14.5 Å². The van der Waals surface area contributed by atoms with Crippen LogP contribution >= 0.6 is 23.4 Å². The van der Waals surface area contributed by atoms with E-state index in [2.05, 4.69) is 5.32 Å². The molecule has 0 unspecified atom stereocenters. The molecule has 3 aromatic carbocycles. The van der Waals surface area contributed by atoms with Crippen LogP contribution in [0, 0.1) is 6.92 Å². The third-order valence-electron chi connectivity index (χ3n) is 5.35. The van der Waals surface area contributed by atoms with E-state index in [0.29, 0.717) is 33.9 Å². The molecule has 8 heteroatoms. The summed E-state index contributed by atoms with van der Waals surface area (Å²) >= 11 is 7.47. The van der Waals surface area contributed by atoms with E-state index in [1.165, 1.54) is 11.8 Å². The average Bonchev–Trinajstić information content (AvgIpc) is 2.84. The molecular formula is C26H24ClN3O3S. The second kappa shape index (κ2) is 10.8. The van der Waals surface area contributed by atoms with Crippen LogP contribution in [0.4, 0.5) is 11.4 Å². The molecule has 2 amide bonds. The van der Waals surface area contributed by atoms with Crippen LogP contribution in [0.1, 0.15) is 17.5 Å². The highest BCUT2D eigenvalue weighted by atomic mass is 35.5. The number of methoxy groups -OCH3 is 1. The molecule has 1 aliphatic rings. The molecule has 0 aromatic heterocycles. The Bertz CT molecular complexity index is 1220. The summed E-state index contributed by atoms with van der Waals surface area (Å²) in [7, 11) is 1.60. The van der Waals surface area contributed by atoms with Crippen LogP contribution in [0.25, 0.3) is 0 Å². The Labute approximate surface area is 208 Å². The van der Waals surface area contributed by atoms with Crippen LogP contribution in [0.3, 0.4) is 0 Å². The molecule has 1 atom stereocenters. The lowest BCUT2D eigenvalue weighted by Crippen LogP contribution is -2.44. The van der Waals surface area contributed by atoms with Crippen molar-refractivity contribution in [1.82, 2.24) is 4.90 Å². The molecule has 174 valence electrons. The maximum atomic E-state index is 13.2. The Kier molecular flexibility index (Phi) is 7.55. The zero-order chi connectivity index (χ0) is 24.1. The van der Waals surface area contributed by atoms with Crippen LogP contribution in [0.2, 0.25) is 5.02 Å². The molecule has 6 nitrogen and oxygen atoms in total. The average molecular weight is 494 g/mol. The lowest BCUT2D eigenvalue weighted by atomic mass is 10.2. The number of amidine groups is 1. The highest BCUT2D eigenvalue weighted by molar-refractivity contribution is 8.15. The lowest BCUT2D eigenvalue weighted by Gasteiger charge is -2.32. The normalized spacial score (nSPS) is 17.0. The minimum absolute atomic E-state index is 0.0740. The van der Waals surface area contributed by atoms with Crippen molar-refractivity contribution < 1.29 is 14.3 Å². The van der Waals surface area contributed by atoms with Crippen molar-refractivity contribution in [2.75, 3.05) is 12.4 Å². The van der Waals surface area contributed by atoms with Gasteiger partial charge in [0, 0.05) is 17.1 Å². The number of nitrogens with one attached hydrogen (secondary N) is 1. The van der Waals surface area contributed by atoms with Crippen LogP contribution in [-0.4, -0.2) is 34.2 Å².